The Balaban J connectivity index is 2.01. The Bertz CT molecular complexity index is 747. The highest BCUT2D eigenvalue weighted by molar-refractivity contribution is 5.94. The quantitative estimate of drug-likeness (QED) is 0.861. The molecule has 20 heavy (non-hydrogen) atoms. The second kappa shape index (κ2) is 4.78. The molecule has 0 saturated heterocycles. The van der Waals surface area contributed by atoms with Gasteiger partial charge in [-0.1, -0.05) is 12.1 Å². The van der Waals surface area contributed by atoms with Gasteiger partial charge in [0.2, 0.25) is 5.91 Å². The summed E-state index contributed by atoms with van der Waals surface area (Å²) in [5.41, 5.74) is 3.51. The van der Waals surface area contributed by atoms with Crippen LogP contribution in [-0.4, -0.2) is 5.91 Å². The zero-order valence-corrected chi connectivity index (χ0v) is 10.6. The van der Waals surface area contributed by atoms with Gasteiger partial charge in [0.05, 0.1) is 5.56 Å². The van der Waals surface area contributed by atoms with E-state index in [4.69, 9.17) is 5.26 Å². The Kier molecular flexibility index (Phi) is 2.96. The number of carbonyl (C=O) groups excluding carboxylic acids is 1. The lowest BCUT2D eigenvalue weighted by Gasteiger charge is -2.17. The van der Waals surface area contributed by atoms with Crippen LogP contribution in [0.5, 0.6) is 0 Å². The van der Waals surface area contributed by atoms with Gasteiger partial charge in [-0.15, -0.1) is 0 Å². The van der Waals surface area contributed by atoms with Crippen molar-refractivity contribution in [2.75, 3.05) is 5.32 Å². The number of hydrogen-bond acceptors (Lipinski definition) is 2. The van der Waals surface area contributed by atoms with E-state index in [0.29, 0.717) is 12.8 Å². The molecule has 1 heterocycles. The molecular formula is C16H11FN2O. The Morgan fingerprint density at radius 1 is 1.10 bits per heavy atom. The van der Waals surface area contributed by atoms with E-state index in [2.05, 4.69) is 5.32 Å². The van der Waals surface area contributed by atoms with Crippen LogP contribution < -0.4 is 5.32 Å². The Labute approximate surface area is 115 Å². The van der Waals surface area contributed by atoms with Gasteiger partial charge in [-0.05, 0) is 47.4 Å². The third kappa shape index (κ3) is 2.14. The number of aryl methyl sites for hydroxylation is 1. The molecule has 3 rings (SSSR count). The van der Waals surface area contributed by atoms with Gasteiger partial charge >= 0.3 is 0 Å². The first-order valence-corrected chi connectivity index (χ1v) is 6.30. The molecule has 0 aromatic heterocycles. The SMILES string of the molecule is N#Cc1ccc(-c2ccc3c(c2)CCC(=O)N3)cc1F. The van der Waals surface area contributed by atoms with Gasteiger partial charge < -0.3 is 5.32 Å². The van der Waals surface area contributed by atoms with Crippen molar-refractivity contribution in [2.24, 2.45) is 0 Å². The third-order valence-corrected chi connectivity index (χ3v) is 3.42. The molecule has 4 heteroatoms. The molecule has 0 radical (unpaired) electrons. The van der Waals surface area contributed by atoms with E-state index in [9.17, 15) is 9.18 Å². The molecule has 0 saturated carbocycles. The molecule has 1 amide bonds. The number of hydrogen-bond donors (Lipinski definition) is 1. The van der Waals surface area contributed by atoms with Gasteiger partial charge in [0.1, 0.15) is 11.9 Å². The molecule has 0 fully saturated rings. The third-order valence-electron chi connectivity index (χ3n) is 3.42. The summed E-state index contributed by atoms with van der Waals surface area (Å²) in [6, 6.07) is 12.0. The second-order valence-electron chi connectivity index (χ2n) is 4.73. The summed E-state index contributed by atoms with van der Waals surface area (Å²) < 4.78 is 13.6. The predicted octanol–water partition coefficient (Wildman–Crippen LogP) is 3.25. The molecule has 3 nitrogen and oxygen atoms in total. The molecular weight excluding hydrogens is 255 g/mol. The number of rotatable bonds is 1. The number of amides is 1. The van der Waals surface area contributed by atoms with E-state index in [1.54, 1.807) is 12.1 Å². The molecule has 0 bridgehead atoms. The van der Waals surface area contributed by atoms with Crippen LogP contribution >= 0.6 is 0 Å². The van der Waals surface area contributed by atoms with Crippen LogP contribution in [0.2, 0.25) is 0 Å². The molecule has 0 unspecified atom stereocenters. The minimum absolute atomic E-state index is 0.0228. The zero-order chi connectivity index (χ0) is 14.1. The molecule has 0 aliphatic carbocycles. The van der Waals surface area contributed by atoms with Crippen molar-refractivity contribution >= 4 is 11.6 Å². The molecule has 2 aromatic rings. The largest absolute Gasteiger partial charge is 0.326 e. The van der Waals surface area contributed by atoms with Crippen LogP contribution in [0, 0.1) is 17.1 Å². The predicted molar refractivity (Wildman–Crippen MR) is 73.5 cm³/mol. The Morgan fingerprint density at radius 2 is 1.85 bits per heavy atom. The van der Waals surface area contributed by atoms with Crippen molar-refractivity contribution in [3.63, 3.8) is 0 Å². The fraction of sp³-hybridized carbons (Fsp3) is 0.125. The number of nitrogens with zero attached hydrogens (tertiary/aromatic N) is 1. The molecule has 1 aliphatic heterocycles. The van der Waals surface area contributed by atoms with Gasteiger partial charge in [0.15, 0.2) is 0 Å². The second-order valence-corrected chi connectivity index (χ2v) is 4.73. The Morgan fingerprint density at radius 3 is 2.60 bits per heavy atom. The van der Waals surface area contributed by atoms with Gasteiger partial charge in [-0.2, -0.15) is 5.26 Å². The van der Waals surface area contributed by atoms with Crippen LogP contribution in [0.15, 0.2) is 36.4 Å². The summed E-state index contributed by atoms with van der Waals surface area (Å²) >= 11 is 0. The van der Waals surface area contributed by atoms with Gasteiger partial charge in [-0.25, -0.2) is 4.39 Å². The van der Waals surface area contributed by atoms with Gasteiger partial charge in [0.25, 0.3) is 0 Å². The van der Waals surface area contributed by atoms with E-state index in [1.165, 1.54) is 12.1 Å². The van der Waals surface area contributed by atoms with Gasteiger partial charge in [0, 0.05) is 12.1 Å². The maximum Gasteiger partial charge on any atom is 0.224 e. The highest BCUT2D eigenvalue weighted by Crippen LogP contribution is 2.29. The summed E-state index contributed by atoms with van der Waals surface area (Å²) in [5, 5.41) is 11.5. The number of carbonyl (C=O) groups is 1. The summed E-state index contributed by atoms with van der Waals surface area (Å²) in [4.78, 5) is 11.3. The smallest absolute Gasteiger partial charge is 0.224 e. The molecule has 0 atom stereocenters. The minimum atomic E-state index is -0.518. The van der Waals surface area contributed by atoms with Crippen molar-refractivity contribution in [3.8, 4) is 17.2 Å². The highest BCUT2D eigenvalue weighted by atomic mass is 19.1. The lowest BCUT2D eigenvalue weighted by molar-refractivity contribution is -0.116. The first kappa shape index (κ1) is 12.4. The number of nitrogens with one attached hydrogen (secondary N) is 1. The Hall–Kier alpha value is -2.67. The fourth-order valence-corrected chi connectivity index (χ4v) is 2.35. The summed E-state index contributed by atoms with van der Waals surface area (Å²) in [6.07, 6.45) is 1.16. The van der Waals surface area contributed by atoms with Crippen molar-refractivity contribution in [2.45, 2.75) is 12.8 Å². The number of anilines is 1. The fourth-order valence-electron chi connectivity index (χ4n) is 2.35. The van der Waals surface area contributed by atoms with Crippen molar-refractivity contribution in [1.82, 2.24) is 0 Å². The van der Waals surface area contributed by atoms with E-state index in [1.807, 2.05) is 18.2 Å². The topological polar surface area (TPSA) is 52.9 Å². The van der Waals surface area contributed by atoms with Crippen LogP contribution in [0.25, 0.3) is 11.1 Å². The summed E-state index contributed by atoms with van der Waals surface area (Å²) in [7, 11) is 0. The molecule has 0 spiro atoms. The summed E-state index contributed by atoms with van der Waals surface area (Å²) in [5.74, 6) is -0.495. The molecule has 1 N–H and O–H groups in total. The number of halogens is 1. The van der Waals surface area contributed by atoms with Crippen LogP contribution in [-0.2, 0) is 11.2 Å². The van der Waals surface area contributed by atoms with E-state index < -0.39 is 5.82 Å². The van der Waals surface area contributed by atoms with Crippen LogP contribution in [0.3, 0.4) is 0 Å². The van der Waals surface area contributed by atoms with Crippen molar-refractivity contribution in [1.29, 1.82) is 5.26 Å². The minimum Gasteiger partial charge on any atom is -0.326 e. The average molecular weight is 266 g/mol. The van der Waals surface area contributed by atoms with Crippen molar-refractivity contribution < 1.29 is 9.18 Å². The molecule has 1 aliphatic rings. The average Bonchev–Trinajstić information content (AvgIpc) is 2.46. The maximum atomic E-state index is 13.6. The first-order valence-electron chi connectivity index (χ1n) is 6.30. The van der Waals surface area contributed by atoms with E-state index in [-0.39, 0.29) is 11.5 Å². The van der Waals surface area contributed by atoms with E-state index in [0.717, 1.165) is 22.4 Å². The summed E-state index contributed by atoms with van der Waals surface area (Å²) in [6.45, 7) is 0. The van der Waals surface area contributed by atoms with Crippen LogP contribution in [0.4, 0.5) is 10.1 Å². The molecule has 2 aromatic carbocycles. The molecule has 98 valence electrons. The zero-order valence-electron chi connectivity index (χ0n) is 10.6. The van der Waals surface area contributed by atoms with Crippen LogP contribution in [0.1, 0.15) is 17.5 Å². The highest BCUT2D eigenvalue weighted by Gasteiger charge is 2.15. The normalized spacial score (nSPS) is 13.3. The first-order chi connectivity index (χ1) is 9.67. The lowest BCUT2D eigenvalue weighted by atomic mass is 9.96. The monoisotopic (exact) mass is 266 g/mol. The maximum absolute atomic E-state index is 13.6. The standard InChI is InChI=1S/C16H11FN2O/c17-14-8-11(1-2-13(14)9-18)10-3-5-15-12(7-10)4-6-16(20)19-15/h1-3,5,7-8H,4,6H2,(H,19,20). The van der Waals surface area contributed by atoms with E-state index >= 15 is 0 Å². The number of benzene rings is 2. The number of nitriles is 1. The van der Waals surface area contributed by atoms with Crippen molar-refractivity contribution in [3.05, 3.63) is 53.3 Å². The van der Waals surface area contributed by atoms with Gasteiger partial charge in [-0.3, -0.25) is 4.79 Å². The lowest BCUT2D eigenvalue weighted by Crippen LogP contribution is -2.18. The number of fused-ring (bicyclic) bond motifs is 1.